The van der Waals surface area contributed by atoms with Gasteiger partial charge in [0.1, 0.15) is 23.4 Å². The number of carbonyl (C=O) groups excluding carboxylic acids is 4. The largest absolute Gasteiger partial charge is 0.497 e. The lowest BCUT2D eigenvalue weighted by Gasteiger charge is -2.57. The molecule has 0 radical (unpaired) electrons. The van der Waals surface area contributed by atoms with Crippen LogP contribution in [0.15, 0.2) is 24.3 Å². The number of nitrogens with zero attached hydrogens (tertiary/aromatic N) is 1. The van der Waals surface area contributed by atoms with E-state index in [1.807, 2.05) is 29.2 Å². The quantitative estimate of drug-likeness (QED) is 0.263. The lowest BCUT2D eigenvalue weighted by Crippen LogP contribution is -2.58. The zero-order valence-corrected chi connectivity index (χ0v) is 27.5. The number of nitrogens with one attached hydrogen (secondary N) is 3. The Morgan fingerprint density at radius 2 is 1.50 bits per heavy atom. The number of epoxide rings is 1. The van der Waals surface area contributed by atoms with Gasteiger partial charge in [0, 0.05) is 19.5 Å². The summed E-state index contributed by atoms with van der Waals surface area (Å²) in [7, 11) is 1.59. The molecule has 7 rings (SSSR count). The number of hydrogen-bond donors (Lipinski definition) is 3. The highest BCUT2D eigenvalue weighted by molar-refractivity contribution is 5.98. The Labute approximate surface area is 271 Å². The maximum Gasteiger partial charge on any atom is 0.243 e. The van der Waals surface area contributed by atoms with Crippen molar-refractivity contribution in [2.24, 2.45) is 23.2 Å². The van der Waals surface area contributed by atoms with Gasteiger partial charge in [0.2, 0.25) is 17.7 Å². The van der Waals surface area contributed by atoms with Crippen molar-refractivity contribution >= 4 is 23.5 Å². The number of carbonyl (C=O) groups is 4. The molecule has 252 valence electrons. The molecular weight excluding hydrogens is 588 g/mol. The van der Waals surface area contributed by atoms with Gasteiger partial charge in [-0.2, -0.15) is 0 Å². The van der Waals surface area contributed by atoms with Gasteiger partial charge in [-0.15, -0.1) is 0 Å². The molecule has 6 aliphatic rings. The van der Waals surface area contributed by atoms with Gasteiger partial charge in [0.25, 0.3) is 0 Å². The Kier molecular flexibility index (Phi) is 9.73. The van der Waals surface area contributed by atoms with Crippen molar-refractivity contribution in [1.82, 2.24) is 20.9 Å². The minimum absolute atomic E-state index is 0.0572. The third-order valence-corrected chi connectivity index (χ3v) is 11.0. The molecule has 4 atom stereocenters. The number of Topliss-reactive ketones (excluding diaryl/α,β-unsaturated/α-hetero) is 1. The fourth-order valence-electron chi connectivity index (χ4n) is 8.89. The van der Waals surface area contributed by atoms with Crippen molar-refractivity contribution in [3.05, 3.63) is 29.8 Å². The number of rotatable bonds is 14. The van der Waals surface area contributed by atoms with Crippen LogP contribution in [-0.2, 0) is 35.1 Å². The highest BCUT2D eigenvalue weighted by Crippen LogP contribution is 2.61. The number of hydrogen-bond acceptors (Lipinski definition) is 8. The standard InChI is InChI=1S/C35H50N4O7/c1-22(36-30(40)20-39-8-10-45-11-9-39)32(42)37-28(15-23-4-6-27(44-3)7-5-23)33(43)38-29(31(41)34(2)21-46-34)19-35-16-24-12-25(17-35)14-26(13-24)18-35/h4-7,22,24-26,28-29H,8-21H2,1-3H3,(H,36,40)(H,37,42)(H,38,43)/t22-,24?,25?,26?,28-,29-,34+,35?/m0/s1. The fraction of sp³-hybridized carbons (Fsp3) is 0.714. The van der Waals surface area contributed by atoms with E-state index in [-0.39, 0.29) is 30.1 Å². The predicted molar refractivity (Wildman–Crippen MR) is 170 cm³/mol. The zero-order valence-electron chi connectivity index (χ0n) is 27.5. The summed E-state index contributed by atoms with van der Waals surface area (Å²) in [5, 5.41) is 8.76. The van der Waals surface area contributed by atoms with Gasteiger partial charge in [0.15, 0.2) is 5.78 Å². The zero-order chi connectivity index (χ0) is 32.5. The van der Waals surface area contributed by atoms with Gasteiger partial charge in [-0.3, -0.25) is 24.1 Å². The number of ketones is 1. The van der Waals surface area contributed by atoms with Gasteiger partial charge in [-0.25, -0.2) is 0 Å². The molecule has 0 aromatic heterocycles. The van der Waals surface area contributed by atoms with Crippen LogP contribution >= 0.6 is 0 Å². The van der Waals surface area contributed by atoms with E-state index < -0.39 is 35.5 Å². The lowest BCUT2D eigenvalue weighted by atomic mass is 9.48. The SMILES string of the molecule is COc1ccc(C[C@H](NC(=O)[C@H](C)NC(=O)CN2CCOCC2)C(=O)N[C@@H](CC23CC4CC(CC(C4)C2)C3)C(=O)[C@@]2(C)CO2)cc1. The molecule has 6 fully saturated rings. The summed E-state index contributed by atoms with van der Waals surface area (Å²) in [6.07, 6.45) is 8.05. The van der Waals surface area contributed by atoms with Crippen LogP contribution in [0.4, 0.5) is 0 Å². The van der Waals surface area contributed by atoms with Crippen molar-refractivity contribution in [2.75, 3.05) is 46.6 Å². The second-order valence-electron chi connectivity index (χ2n) is 14.9. The van der Waals surface area contributed by atoms with E-state index in [4.69, 9.17) is 14.2 Å². The number of methoxy groups -OCH3 is 1. The van der Waals surface area contributed by atoms with Crippen LogP contribution in [0.2, 0.25) is 0 Å². The van der Waals surface area contributed by atoms with Crippen molar-refractivity contribution in [1.29, 1.82) is 0 Å². The number of morpholine rings is 1. The van der Waals surface area contributed by atoms with E-state index in [9.17, 15) is 19.2 Å². The first kappa shape index (κ1) is 32.9. The average molecular weight is 639 g/mol. The Morgan fingerprint density at radius 3 is 2.07 bits per heavy atom. The minimum Gasteiger partial charge on any atom is -0.497 e. The molecule has 3 amide bonds. The molecule has 1 aromatic carbocycles. The lowest BCUT2D eigenvalue weighted by molar-refractivity contribution is -0.136. The van der Waals surface area contributed by atoms with Crippen LogP contribution < -0.4 is 20.7 Å². The predicted octanol–water partition coefficient (Wildman–Crippen LogP) is 2.01. The Hall–Kier alpha value is -3.02. The van der Waals surface area contributed by atoms with Crippen LogP contribution in [-0.4, -0.2) is 98.7 Å². The molecule has 4 saturated carbocycles. The molecule has 0 spiro atoms. The smallest absolute Gasteiger partial charge is 0.243 e. The Bertz CT molecular complexity index is 1250. The Morgan fingerprint density at radius 1 is 0.913 bits per heavy atom. The van der Waals surface area contributed by atoms with E-state index >= 15 is 0 Å². The summed E-state index contributed by atoms with van der Waals surface area (Å²) in [6, 6.07) is 4.82. The van der Waals surface area contributed by atoms with Gasteiger partial charge in [0.05, 0.1) is 39.5 Å². The van der Waals surface area contributed by atoms with Crippen molar-refractivity contribution in [3.63, 3.8) is 0 Å². The van der Waals surface area contributed by atoms with E-state index in [1.165, 1.54) is 19.3 Å². The number of ether oxygens (including phenoxy) is 3. The van der Waals surface area contributed by atoms with E-state index in [0.29, 0.717) is 62.8 Å². The molecular formula is C35H50N4O7. The summed E-state index contributed by atoms with van der Waals surface area (Å²) in [5.41, 5.74) is 0.00210. The van der Waals surface area contributed by atoms with Crippen molar-refractivity contribution < 1.29 is 33.4 Å². The van der Waals surface area contributed by atoms with Crippen molar-refractivity contribution in [2.45, 2.75) is 88.9 Å². The fourth-order valence-corrected chi connectivity index (χ4v) is 8.89. The third kappa shape index (κ3) is 7.74. The normalized spacial score (nSPS) is 31.8. The highest BCUT2D eigenvalue weighted by atomic mass is 16.6. The number of amides is 3. The summed E-state index contributed by atoms with van der Waals surface area (Å²) >= 11 is 0. The topological polar surface area (TPSA) is 139 Å². The van der Waals surface area contributed by atoms with Crippen LogP contribution in [0.1, 0.15) is 64.4 Å². The van der Waals surface area contributed by atoms with Crippen LogP contribution in [0, 0.1) is 23.2 Å². The van der Waals surface area contributed by atoms with Gasteiger partial charge in [-0.1, -0.05) is 12.1 Å². The molecule has 4 bridgehead atoms. The summed E-state index contributed by atoms with van der Waals surface area (Å²) in [4.78, 5) is 56.1. The van der Waals surface area contributed by atoms with Crippen molar-refractivity contribution in [3.8, 4) is 5.75 Å². The van der Waals surface area contributed by atoms with E-state index in [1.54, 1.807) is 21.0 Å². The van der Waals surface area contributed by atoms with Crippen LogP contribution in [0.3, 0.4) is 0 Å². The third-order valence-electron chi connectivity index (χ3n) is 11.0. The maximum absolute atomic E-state index is 14.1. The molecule has 2 heterocycles. The summed E-state index contributed by atoms with van der Waals surface area (Å²) < 4.78 is 16.2. The molecule has 46 heavy (non-hydrogen) atoms. The van der Waals surface area contributed by atoms with Crippen LogP contribution in [0.25, 0.3) is 0 Å². The van der Waals surface area contributed by atoms with E-state index in [0.717, 1.165) is 24.8 Å². The number of benzene rings is 1. The minimum atomic E-state index is -0.959. The summed E-state index contributed by atoms with van der Waals surface area (Å²) in [5.74, 6) is 1.60. The van der Waals surface area contributed by atoms with E-state index in [2.05, 4.69) is 16.0 Å². The van der Waals surface area contributed by atoms with Gasteiger partial charge in [-0.05, 0) is 99.7 Å². The molecule has 2 aliphatic heterocycles. The average Bonchev–Trinajstić information content (AvgIpc) is 3.78. The van der Waals surface area contributed by atoms with Crippen LogP contribution in [0.5, 0.6) is 5.75 Å². The first-order chi connectivity index (χ1) is 22.0. The first-order valence-electron chi connectivity index (χ1n) is 17.0. The molecule has 3 N–H and O–H groups in total. The molecule has 11 heteroatoms. The molecule has 2 saturated heterocycles. The maximum atomic E-state index is 14.1. The molecule has 1 aromatic rings. The highest BCUT2D eigenvalue weighted by Gasteiger charge is 2.55. The molecule has 4 aliphatic carbocycles. The summed E-state index contributed by atoms with van der Waals surface area (Å²) in [6.45, 7) is 6.40. The monoisotopic (exact) mass is 638 g/mol. The van der Waals surface area contributed by atoms with Gasteiger partial charge < -0.3 is 30.2 Å². The molecule has 0 unspecified atom stereocenters. The second kappa shape index (κ2) is 13.6. The first-order valence-corrected chi connectivity index (χ1v) is 17.0. The second-order valence-corrected chi connectivity index (χ2v) is 14.9. The molecule has 11 nitrogen and oxygen atoms in total. The Balaban J connectivity index is 1.16. The van der Waals surface area contributed by atoms with Gasteiger partial charge >= 0.3 is 0 Å².